The molecule has 18 heavy (non-hydrogen) atoms. The molecule has 0 aliphatic carbocycles. The topological polar surface area (TPSA) is 40.5 Å². The highest BCUT2D eigenvalue weighted by Gasteiger charge is 2.21. The van der Waals surface area contributed by atoms with Gasteiger partial charge in [-0.2, -0.15) is 0 Å². The molecule has 100 valence electrons. The van der Waals surface area contributed by atoms with Crippen molar-refractivity contribution < 1.29 is 10.2 Å². The van der Waals surface area contributed by atoms with Crippen molar-refractivity contribution >= 4 is 0 Å². The minimum absolute atomic E-state index is 0.0724. The molecule has 1 aromatic carbocycles. The molecule has 2 nitrogen and oxygen atoms in total. The Morgan fingerprint density at radius 2 is 1.83 bits per heavy atom. The zero-order chi connectivity index (χ0) is 13.6. The van der Waals surface area contributed by atoms with Gasteiger partial charge in [-0.15, -0.1) is 0 Å². The van der Waals surface area contributed by atoms with E-state index < -0.39 is 0 Å². The number of para-hydroxylation sites is 1. The Balaban J connectivity index is 2.90. The van der Waals surface area contributed by atoms with Crippen molar-refractivity contribution in [1.29, 1.82) is 0 Å². The van der Waals surface area contributed by atoms with E-state index in [0.29, 0.717) is 5.75 Å². The summed E-state index contributed by atoms with van der Waals surface area (Å²) in [5, 5.41) is 18.8. The number of allylic oxidation sites excluding steroid dienone is 1. The van der Waals surface area contributed by atoms with Crippen LogP contribution in [0.15, 0.2) is 36.4 Å². The van der Waals surface area contributed by atoms with E-state index in [0.717, 1.165) is 18.4 Å². The lowest BCUT2D eigenvalue weighted by atomic mass is 9.79. The molecule has 0 aromatic heterocycles. The van der Waals surface area contributed by atoms with Gasteiger partial charge in [0.1, 0.15) is 5.75 Å². The van der Waals surface area contributed by atoms with Crippen LogP contribution in [-0.4, -0.2) is 16.8 Å². The summed E-state index contributed by atoms with van der Waals surface area (Å²) in [7, 11) is 0. The van der Waals surface area contributed by atoms with Gasteiger partial charge in [0, 0.05) is 0 Å². The molecule has 0 heterocycles. The number of hydrogen-bond donors (Lipinski definition) is 2. The van der Waals surface area contributed by atoms with Crippen LogP contribution in [0.25, 0.3) is 0 Å². The molecule has 0 radical (unpaired) electrons. The van der Waals surface area contributed by atoms with Gasteiger partial charge in [-0.25, -0.2) is 0 Å². The lowest BCUT2D eigenvalue weighted by Gasteiger charge is -2.26. The van der Waals surface area contributed by atoms with Gasteiger partial charge in [-0.05, 0) is 35.8 Å². The van der Waals surface area contributed by atoms with Crippen molar-refractivity contribution in [2.45, 2.75) is 39.5 Å². The molecule has 0 saturated heterocycles. The average Bonchev–Trinajstić information content (AvgIpc) is 2.27. The van der Waals surface area contributed by atoms with E-state index in [-0.39, 0.29) is 17.9 Å². The van der Waals surface area contributed by atoms with E-state index in [1.165, 1.54) is 0 Å². The molecule has 0 aliphatic rings. The molecule has 1 aromatic rings. The minimum atomic E-state index is 0.0724. The molecule has 0 amide bonds. The van der Waals surface area contributed by atoms with Gasteiger partial charge in [-0.1, -0.05) is 51.1 Å². The third kappa shape index (κ3) is 4.92. The number of phenols is 1. The zero-order valence-corrected chi connectivity index (χ0v) is 11.6. The van der Waals surface area contributed by atoms with Gasteiger partial charge in [0.25, 0.3) is 0 Å². The predicted molar refractivity (Wildman–Crippen MR) is 75.8 cm³/mol. The lowest BCUT2D eigenvalue weighted by Crippen LogP contribution is -2.12. The van der Waals surface area contributed by atoms with Gasteiger partial charge in [0.2, 0.25) is 0 Å². The van der Waals surface area contributed by atoms with Gasteiger partial charge in [0.15, 0.2) is 0 Å². The molecule has 0 spiro atoms. The highest BCUT2D eigenvalue weighted by atomic mass is 16.3. The molecule has 1 atom stereocenters. The summed E-state index contributed by atoms with van der Waals surface area (Å²) < 4.78 is 0. The fraction of sp³-hybridized carbons (Fsp3) is 0.500. The first kappa shape index (κ1) is 14.8. The van der Waals surface area contributed by atoms with Gasteiger partial charge < -0.3 is 10.2 Å². The van der Waals surface area contributed by atoms with Crippen LogP contribution in [0, 0.1) is 5.41 Å². The second-order valence-corrected chi connectivity index (χ2v) is 5.91. The van der Waals surface area contributed by atoms with E-state index in [2.05, 4.69) is 20.8 Å². The average molecular weight is 248 g/mol. The van der Waals surface area contributed by atoms with Gasteiger partial charge in [0.05, 0.1) is 6.61 Å². The lowest BCUT2D eigenvalue weighted by molar-refractivity contribution is 0.332. The number of phenolic OH excluding ortho intramolecular Hbond substituents is 1. The van der Waals surface area contributed by atoms with Gasteiger partial charge in [-0.3, -0.25) is 0 Å². The first-order valence-electron chi connectivity index (χ1n) is 6.48. The maximum atomic E-state index is 9.96. The van der Waals surface area contributed by atoms with Crippen molar-refractivity contribution in [3.05, 3.63) is 42.0 Å². The van der Waals surface area contributed by atoms with Crippen molar-refractivity contribution in [3.8, 4) is 5.75 Å². The van der Waals surface area contributed by atoms with Crippen molar-refractivity contribution in [2.24, 2.45) is 5.41 Å². The Kier molecular flexibility index (Phi) is 5.42. The molecule has 0 fully saturated rings. The molecule has 1 unspecified atom stereocenters. The number of hydrogen-bond acceptors (Lipinski definition) is 2. The van der Waals surface area contributed by atoms with E-state index in [1.54, 1.807) is 12.1 Å². The quantitative estimate of drug-likeness (QED) is 0.777. The number of aliphatic hydroxyl groups is 1. The Bertz CT molecular complexity index is 388. The largest absolute Gasteiger partial charge is 0.508 e. The molecule has 2 N–H and O–H groups in total. The van der Waals surface area contributed by atoms with Crippen molar-refractivity contribution in [1.82, 2.24) is 0 Å². The molecule has 0 aliphatic heterocycles. The Morgan fingerprint density at radius 3 is 2.39 bits per heavy atom. The van der Waals surface area contributed by atoms with E-state index in [4.69, 9.17) is 5.11 Å². The number of rotatable bonds is 5. The predicted octanol–water partition coefficient (Wildman–Crippen LogP) is 3.85. The third-order valence-electron chi connectivity index (χ3n) is 2.93. The van der Waals surface area contributed by atoms with Crippen LogP contribution < -0.4 is 0 Å². The SMILES string of the molecule is CC(C)(C)CC(C/C=C\CO)c1ccccc1O. The summed E-state index contributed by atoms with van der Waals surface area (Å²) in [5.74, 6) is 0.651. The van der Waals surface area contributed by atoms with Crippen LogP contribution in [0.1, 0.15) is 45.1 Å². The number of aliphatic hydroxyl groups excluding tert-OH is 1. The second kappa shape index (κ2) is 6.60. The van der Waals surface area contributed by atoms with Crippen LogP contribution in [0.3, 0.4) is 0 Å². The summed E-state index contributed by atoms with van der Waals surface area (Å²) >= 11 is 0. The molecular formula is C16H24O2. The Hall–Kier alpha value is -1.28. The maximum Gasteiger partial charge on any atom is 0.119 e. The number of aromatic hydroxyl groups is 1. The second-order valence-electron chi connectivity index (χ2n) is 5.91. The monoisotopic (exact) mass is 248 g/mol. The minimum Gasteiger partial charge on any atom is -0.508 e. The van der Waals surface area contributed by atoms with Crippen LogP contribution in [0.5, 0.6) is 5.75 Å². The number of benzene rings is 1. The van der Waals surface area contributed by atoms with Gasteiger partial charge >= 0.3 is 0 Å². The summed E-state index contributed by atoms with van der Waals surface area (Å²) in [6, 6.07) is 7.52. The smallest absolute Gasteiger partial charge is 0.119 e. The Labute approximate surface area is 110 Å². The molecule has 2 heteroatoms. The third-order valence-corrected chi connectivity index (χ3v) is 2.93. The van der Waals surface area contributed by atoms with E-state index >= 15 is 0 Å². The molecule has 1 rings (SSSR count). The van der Waals surface area contributed by atoms with E-state index in [9.17, 15) is 5.11 Å². The summed E-state index contributed by atoms with van der Waals surface area (Å²) in [6.45, 7) is 6.68. The molecule has 0 bridgehead atoms. The zero-order valence-electron chi connectivity index (χ0n) is 11.6. The van der Waals surface area contributed by atoms with Crippen LogP contribution in [0.2, 0.25) is 0 Å². The standard InChI is InChI=1S/C16H24O2/c1-16(2,3)12-13(8-6-7-11-17)14-9-4-5-10-15(14)18/h4-7,9-10,13,17-18H,8,11-12H2,1-3H3/b7-6-. The highest BCUT2D eigenvalue weighted by molar-refractivity contribution is 5.35. The fourth-order valence-corrected chi connectivity index (χ4v) is 2.23. The van der Waals surface area contributed by atoms with Crippen molar-refractivity contribution in [2.75, 3.05) is 6.61 Å². The summed E-state index contributed by atoms with van der Waals surface area (Å²) in [4.78, 5) is 0. The van der Waals surface area contributed by atoms with Crippen LogP contribution in [0.4, 0.5) is 0 Å². The normalized spacial score (nSPS) is 14.0. The molecule has 0 saturated carbocycles. The fourth-order valence-electron chi connectivity index (χ4n) is 2.23. The van der Waals surface area contributed by atoms with Crippen LogP contribution >= 0.6 is 0 Å². The summed E-state index contributed by atoms with van der Waals surface area (Å²) in [6.07, 6.45) is 5.59. The van der Waals surface area contributed by atoms with E-state index in [1.807, 2.05) is 24.3 Å². The first-order valence-corrected chi connectivity index (χ1v) is 6.48. The Morgan fingerprint density at radius 1 is 1.17 bits per heavy atom. The van der Waals surface area contributed by atoms with Crippen LogP contribution in [-0.2, 0) is 0 Å². The summed E-state index contributed by atoms with van der Waals surface area (Å²) in [5.41, 5.74) is 1.20. The highest BCUT2D eigenvalue weighted by Crippen LogP contribution is 2.37. The maximum absolute atomic E-state index is 9.96. The molecular weight excluding hydrogens is 224 g/mol. The van der Waals surface area contributed by atoms with Crippen molar-refractivity contribution in [3.63, 3.8) is 0 Å². The first-order chi connectivity index (χ1) is 8.44.